The van der Waals surface area contributed by atoms with Crippen molar-refractivity contribution in [1.82, 2.24) is 5.32 Å². The van der Waals surface area contributed by atoms with Gasteiger partial charge in [-0.05, 0) is 46.1 Å². The number of ether oxygens (including phenoxy) is 1. The summed E-state index contributed by atoms with van der Waals surface area (Å²) in [5.41, 5.74) is -0.356. The Labute approximate surface area is 92.6 Å². The summed E-state index contributed by atoms with van der Waals surface area (Å²) in [5.74, 6) is 0.743. The molecule has 0 aromatic heterocycles. The van der Waals surface area contributed by atoms with Gasteiger partial charge in [-0.25, -0.2) is 0 Å². The molecule has 0 amide bonds. The van der Waals surface area contributed by atoms with Crippen LogP contribution in [-0.2, 0) is 9.53 Å². The summed E-state index contributed by atoms with van der Waals surface area (Å²) in [6, 6.07) is 0. The van der Waals surface area contributed by atoms with Gasteiger partial charge in [-0.1, -0.05) is 6.42 Å². The molecule has 1 saturated carbocycles. The maximum absolute atomic E-state index is 11.3. The van der Waals surface area contributed by atoms with Crippen molar-refractivity contribution >= 4 is 5.97 Å². The van der Waals surface area contributed by atoms with E-state index >= 15 is 0 Å². The zero-order chi connectivity index (χ0) is 11.3. The molecule has 0 saturated heterocycles. The van der Waals surface area contributed by atoms with Gasteiger partial charge in [-0.3, -0.25) is 4.79 Å². The van der Waals surface area contributed by atoms with Crippen molar-refractivity contribution in [3.8, 4) is 0 Å². The monoisotopic (exact) mass is 213 g/mol. The molecule has 1 N–H and O–H groups in total. The van der Waals surface area contributed by atoms with Crippen LogP contribution in [0.4, 0.5) is 0 Å². The summed E-state index contributed by atoms with van der Waals surface area (Å²) in [6.07, 6.45) is 4.54. The van der Waals surface area contributed by atoms with E-state index in [4.69, 9.17) is 4.74 Å². The van der Waals surface area contributed by atoms with E-state index < -0.39 is 0 Å². The number of carbonyl (C=O) groups is 1. The van der Waals surface area contributed by atoms with E-state index in [9.17, 15) is 4.79 Å². The Bertz CT molecular complexity index is 204. The number of esters is 1. The molecule has 0 aromatic carbocycles. The van der Waals surface area contributed by atoms with Gasteiger partial charge in [0.1, 0.15) is 5.60 Å². The van der Waals surface area contributed by atoms with Crippen LogP contribution in [0.1, 0.15) is 46.5 Å². The van der Waals surface area contributed by atoms with Gasteiger partial charge in [0.2, 0.25) is 0 Å². The van der Waals surface area contributed by atoms with Gasteiger partial charge in [0.25, 0.3) is 0 Å². The summed E-state index contributed by atoms with van der Waals surface area (Å²) in [6.45, 7) is 7.49. The molecule has 0 spiro atoms. The summed E-state index contributed by atoms with van der Waals surface area (Å²) < 4.78 is 5.21. The van der Waals surface area contributed by atoms with E-state index in [1.807, 2.05) is 20.8 Å². The SMILES string of the molecule is CC(C)(C)OC(=O)CCNCC1CCC1. The lowest BCUT2D eigenvalue weighted by atomic mass is 9.85. The molecule has 0 bridgehead atoms. The number of nitrogens with one attached hydrogen (secondary N) is 1. The number of carbonyl (C=O) groups excluding carboxylic acids is 1. The minimum atomic E-state index is -0.356. The molecule has 3 nitrogen and oxygen atoms in total. The molecule has 15 heavy (non-hydrogen) atoms. The van der Waals surface area contributed by atoms with E-state index in [1.54, 1.807) is 0 Å². The second kappa shape index (κ2) is 5.50. The second-order valence-corrected chi connectivity index (χ2v) is 5.34. The van der Waals surface area contributed by atoms with E-state index in [1.165, 1.54) is 19.3 Å². The molecule has 0 aliphatic heterocycles. The van der Waals surface area contributed by atoms with Gasteiger partial charge in [-0.15, -0.1) is 0 Å². The molecule has 0 atom stereocenters. The van der Waals surface area contributed by atoms with Gasteiger partial charge < -0.3 is 10.1 Å². The van der Waals surface area contributed by atoms with Crippen molar-refractivity contribution in [2.24, 2.45) is 5.92 Å². The minimum absolute atomic E-state index is 0.108. The average Bonchev–Trinajstić information content (AvgIpc) is 1.96. The maximum atomic E-state index is 11.3. The predicted molar refractivity (Wildman–Crippen MR) is 60.7 cm³/mol. The highest BCUT2D eigenvalue weighted by Gasteiger charge is 2.18. The van der Waals surface area contributed by atoms with Crippen LogP contribution in [0.15, 0.2) is 0 Å². The van der Waals surface area contributed by atoms with Crippen LogP contribution < -0.4 is 5.32 Å². The molecular formula is C12H23NO2. The lowest BCUT2D eigenvalue weighted by molar-refractivity contribution is -0.154. The Morgan fingerprint density at radius 3 is 2.53 bits per heavy atom. The Hall–Kier alpha value is -0.570. The molecule has 1 rings (SSSR count). The highest BCUT2D eigenvalue weighted by atomic mass is 16.6. The lowest BCUT2D eigenvalue weighted by Gasteiger charge is -2.25. The fourth-order valence-electron chi connectivity index (χ4n) is 1.59. The van der Waals surface area contributed by atoms with Gasteiger partial charge in [0.15, 0.2) is 0 Å². The molecular weight excluding hydrogens is 190 g/mol. The van der Waals surface area contributed by atoms with Crippen LogP contribution in [0.3, 0.4) is 0 Å². The Kier molecular flexibility index (Phi) is 4.58. The van der Waals surface area contributed by atoms with Crippen molar-refractivity contribution in [1.29, 1.82) is 0 Å². The second-order valence-electron chi connectivity index (χ2n) is 5.34. The first-order chi connectivity index (χ1) is 6.97. The molecule has 0 heterocycles. The van der Waals surface area contributed by atoms with Crippen LogP contribution in [0.25, 0.3) is 0 Å². The van der Waals surface area contributed by atoms with Crippen LogP contribution in [0.2, 0.25) is 0 Å². The molecule has 1 fully saturated rings. The third-order valence-corrected chi connectivity index (χ3v) is 2.58. The fourth-order valence-corrected chi connectivity index (χ4v) is 1.59. The lowest BCUT2D eigenvalue weighted by Crippen LogP contribution is -2.30. The van der Waals surface area contributed by atoms with Crippen molar-refractivity contribution < 1.29 is 9.53 Å². The quantitative estimate of drug-likeness (QED) is 0.561. The maximum Gasteiger partial charge on any atom is 0.307 e. The number of hydrogen-bond acceptors (Lipinski definition) is 3. The number of rotatable bonds is 5. The molecule has 3 heteroatoms. The van der Waals surface area contributed by atoms with Crippen molar-refractivity contribution in [3.63, 3.8) is 0 Å². The van der Waals surface area contributed by atoms with E-state index in [-0.39, 0.29) is 11.6 Å². The van der Waals surface area contributed by atoms with Crippen LogP contribution in [0, 0.1) is 5.92 Å². The summed E-state index contributed by atoms with van der Waals surface area (Å²) >= 11 is 0. The topological polar surface area (TPSA) is 38.3 Å². The third kappa shape index (κ3) is 5.78. The first kappa shape index (κ1) is 12.5. The fraction of sp³-hybridized carbons (Fsp3) is 0.917. The van der Waals surface area contributed by atoms with Crippen LogP contribution in [-0.4, -0.2) is 24.7 Å². The molecule has 1 aliphatic carbocycles. The highest BCUT2D eigenvalue weighted by Crippen LogP contribution is 2.24. The standard InChI is InChI=1S/C12H23NO2/c1-12(2,3)15-11(14)7-8-13-9-10-5-4-6-10/h10,13H,4-9H2,1-3H3. The highest BCUT2D eigenvalue weighted by molar-refractivity contribution is 5.70. The first-order valence-electron chi connectivity index (χ1n) is 5.90. The largest absolute Gasteiger partial charge is 0.460 e. The van der Waals surface area contributed by atoms with E-state index in [2.05, 4.69) is 5.32 Å². The van der Waals surface area contributed by atoms with Gasteiger partial charge in [-0.2, -0.15) is 0 Å². The molecule has 0 aromatic rings. The molecule has 0 unspecified atom stereocenters. The molecule has 0 radical (unpaired) electrons. The Balaban J connectivity index is 1.96. The van der Waals surface area contributed by atoms with Crippen molar-refractivity contribution in [2.45, 2.75) is 52.1 Å². The summed E-state index contributed by atoms with van der Waals surface area (Å²) in [5, 5.41) is 3.30. The summed E-state index contributed by atoms with van der Waals surface area (Å²) in [7, 11) is 0. The average molecular weight is 213 g/mol. The van der Waals surface area contributed by atoms with Gasteiger partial charge in [0.05, 0.1) is 6.42 Å². The normalized spacial score (nSPS) is 17.3. The van der Waals surface area contributed by atoms with Gasteiger partial charge >= 0.3 is 5.97 Å². The van der Waals surface area contributed by atoms with Crippen molar-refractivity contribution in [3.05, 3.63) is 0 Å². The van der Waals surface area contributed by atoms with E-state index in [0.717, 1.165) is 19.0 Å². The Morgan fingerprint density at radius 1 is 1.40 bits per heavy atom. The van der Waals surface area contributed by atoms with Gasteiger partial charge in [0, 0.05) is 6.54 Å². The molecule has 88 valence electrons. The van der Waals surface area contributed by atoms with Crippen LogP contribution in [0.5, 0.6) is 0 Å². The van der Waals surface area contributed by atoms with E-state index in [0.29, 0.717) is 6.42 Å². The third-order valence-electron chi connectivity index (χ3n) is 2.58. The minimum Gasteiger partial charge on any atom is -0.460 e. The predicted octanol–water partition coefficient (Wildman–Crippen LogP) is 2.11. The molecule has 1 aliphatic rings. The smallest absolute Gasteiger partial charge is 0.307 e. The zero-order valence-electron chi connectivity index (χ0n) is 10.1. The van der Waals surface area contributed by atoms with Crippen LogP contribution >= 0.6 is 0 Å². The zero-order valence-corrected chi connectivity index (χ0v) is 10.1. The van der Waals surface area contributed by atoms with Crippen molar-refractivity contribution in [2.75, 3.05) is 13.1 Å². The Morgan fingerprint density at radius 2 is 2.07 bits per heavy atom. The summed E-state index contributed by atoms with van der Waals surface area (Å²) in [4.78, 5) is 11.3. The first-order valence-corrected chi connectivity index (χ1v) is 5.90. The number of hydrogen-bond donors (Lipinski definition) is 1.